The normalized spacial score (nSPS) is 19.0. The van der Waals surface area contributed by atoms with Crippen LogP contribution in [0.2, 0.25) is 0 Å². The third-order valence-corrected chi connectivity index (χ3v) is 6.15. The van der Waals surface area contributed by atoms with E-state index in [1.54, 1.807) is 0 Å². The van der Waals surface area contributed by atoms with Gasteiger partial charge in [-0.1, -0.05) is 36.4 Å². The van der Waals surface area contributed by atoms with Gasteiger partial charge in [0.05, 0.1) is 6.10 Å². The number of hydrogen-bond donors (Lipinski definition) is 2. The molecule has 4 heteroatoms. The first kappa shape index (κ1) is 19.2. The summed E-state index contributed by atoms with van der Waals surface area (Å²) in [5.41, 5.74) is 4.63. The van der Waals surface area contributed by atoms with E-state index in [2.05, 4.69) is 28.4 Å². The quantitative estimate of drug-likeness (QED) is 0.837. The van der Waals surface area contributed by atoms with Crippen LogP contribution in [0.25, 0.3) is 0 Å². The maximum absolute atomic E-state index is 12.3. The predicted molar refractivity (Wildman–Crippen MR) is 111 cm³/mol. The Hall–Kier alpha value is -2.17. The van der Waals surface area contributed by atoms with E-state index in [1.165, 1.54) is 30.4 Å². The lowest BCUT2D eigenvalue weighted by Crippen LogP contribution is -2.45. The summed E-state index contributed by atoms with van der Waals surface area (Å²) >= 11 is 0. The summed E-state index contributed by atoms with van der Waals surface area (Å²) in [7, 11) is 0. The average Bonchev–Trinajstić information content (AvgIpc) is 2.75. The first-order valence-electron chi connectivity index (χ1n) is 10.6. The number of aliphatic hydroxyl groups is 1. The van der Waals surface area contributed by atoms with Gasteiger partial charge in [-0.05, 0) is 67.3 Å². The number of likely N-dealkylation sites (tertiary alicyclic amines) is 1. The molecule has 2 N–H and O–H groups in total. The number of nitrogens with zero attached hydrogens (tertiary/aromatic N) is 1. The van der Waals surface area contributed by atoms with Crippen molar-refractivity contribution in [3.63, 3.8) is 0 Å². The third-order valence-electron chi connectivity index (χ3n) is 6.15. The van der Waals surface area contributed by atoms with Crippen LogP contribution in [0, 0.1) is 0 Å². The standard InChI is InChI=1S/C24H30N2O2/c27-23(21-11-10-18-6-4-5-9-20(18)16-21)17-26-14-12-22(13-15-26)25-24(28)19-7-2-1-3-8-19/h1-3,7-8,10-11,16,22-23,27H,4-6,9,12-15,17H2,(H,25,28). The highest BCUT2D eigenvalue weighted by Crippen LogP contribution is 2.26. The molecule has 2 aromatic carbocycles. The highest BCUT2D eigenvalue weighted by molar-refractivity contribution is 5.94. The van der Waals surface area contributed by atoms with Gasteiger partial charge in [-0.3, -0.25) is 4.79 Å². The highest BCUT2D eigenvalue weighted by atomic mass is 16.3. The zero-order valence-electron chi connectivity index (χ0n) is 16.4. The lowest BCUT2D eigenvalue weighted by molar-refractivity contribution is 0.0827. The summed E-state index contributed by atoms with van der Waals surface area (Å²) in [4.78, 5) is 14.6. The summed E-state index contributed by atoms with van der Waals surface area (Å²) < 4.78 is 0. The van der Waals surface area contributed by atoms with Gasteiger partial charge in [-0.15, -0.1) is 0 Å². The molecule has 0 bridgehead atoms. The highest BCUT2D eigenvalue weighted by Gasteiger charge is 2.23. The molecule has 1 saturated heterocycles. The molecule has 2 aliphatic rings. The smallest absolute Gasteiger partial charge is 0.251 e. The Bertz CT molecular complexity index is 798. The minimum absolute atomic E-state index is 0.00754. The molecule has 0 saturated carbocycles. The second-order valence-corrected chi connectivity index (χ2v) is 8.17. The van der Waals surface area contributed by atoms with Crippen LogP contribution in [0.1, 0.15) is 58.8 Å². The Morgan fingerprint density at radius 2 is 1.75 bits per heavy atom. The molecule has 1 unspecified atom stereocenters. The van der Waals surface area contributed by atoms with E-state index >= 15 is 0 Å². The molecule has 0 radical (unpaired) electrons. The lowest BCUT2D eigenvalue weighted by atomic mass is 9.89. The van der Waals surface area contributed by atoms with Crippen molar-refractivity contribution in [2.24, 2.45) is 0 Å². The van der Waals surface area contributed by atoms with Crippen LogP contribution < -0.4 is 5.32 Å². The molecule has 4 nitrogen and oxygen atoms in total. The minimum Gasteiger partial charge on any atom is -0.387 e. The number of carbonyl (C=O) groups is 1. The van der Waals surface area contributed by atoms with Crippen molar-refractivity contribution in [3.8, 4) is 0 Å². The summed E-state index contributed by atoms with van der Waals surface area (Å²) in [5.74, 6) is 0.00754. The maximum Gasteiger partial charge on any atom is 0.251 e. The van der Waals surface area contributed by atoms with Crippen molar-refractivity contribution in [2.45, 2.75) is 50.7 Å². The Balaban J connectivity index is 1.27. The zero-order chi connectivity index (χ0) is 19.3. The molecule has 1 aliphatic carbocycles. The number of amides is 1. The number of aliphatic hydroxyl groups excluding tert-OH is 1. The fourth-order valence-corrected chi connectivity index (χ4v) is 4.43. The average molecular weight is 379 g/mol. The van der Waals surface area contributed by atoms with Gasteiger partial charge in [0.1, 0.15) is 0 Å². The molecule has 2 aromatic rings. The molecular weight excluding hydrogens is 348 g/mol. The molecule has 0 spiro atoms. The summed E-state index contributed by atoms with van der Waals surface area (Å²) in [5, 5.41) is 13.9. The van der Waals surface area contributed by atoms with Gasteiger partial charge in [0.2, 0.25) is 0 Å². The van der Waals surface area contributed by atoms with Crippen molar-refractivity contribution in [1.82, 2.24) is 10.2 Å². The van der Waals surface area contributed by atoms with Crippen LogP contribution in [0.15, 0.2) is 48.5 Å². The van der Waals surface area contributed by atoms with Gasteiger partial charge in [-0.2, -0.15) is 0 Å². The molecule has 1 atom stereocenters. The molecular formula is C24H30N2O2. The van der Waals surface area contributed by atoms with E-state index in [0.717, 1.165) is 37.9 Å². The van der Waals surface area contributed by atoms with Gasteiger partial charge in [-0.25, -0.2) is 0 Å². The number of carbonyl (C=O) groups excluding carboxylic acids is 1. The molecule has 1 fully saturated rings. The van der Waals surface area contributed by atoms with Crippen molar-refractivity contribution in [3.05, 3.63) is 70.8 Å². The maximum atomic E-state index is 12.3. The first-order valence-corrected chi connectivity index (χ1v) is 10.6. The van der Waals surface area contributed by atoms with Crippen LogP contribution in [-0.4, -0.2) is 41.6 Å². The lowest BCUT2D eigenvalue weighted by Gasteiger charge is -2.33. The Morgan fingerprint density at radius 1 is 1.04 bits per heavy atom. The topological polar surface area (TPSA) is 52.6 Å². The van der Waals surface area contributed by atoms with Crippen LogP contribution in [0.5, 0.6) is 0 Å². The van der Waals surface area contributed by atoms with Crippen LogP contribution >= 0.6 is 0 Å². The van der Waals surface area contributed by atoms with Crippen LogP contribution in [0.3, 0.4) is 0 Å². The first-order chi connectivity index (χ1) is 13.7. The van der Waals surface area contributed by atoms with Gasteiger partial charge < -0.3 is 15.3 Å². The number of nitrogens with one attached hydrogen (secondary N) is 1. The van der Waals surface area contributed by atoms with Crippen molar-refractivity contribution in [2.75, 3.05) is 19.6 Å². The number of benzene rings is 2. The SMILES string of the molecule is O=C(NC1CCN(CC(O)c2ccc3c(c2)CCCC3)CC1)c1ccccc1. The van der Waals surface area contributed by atoms with Gasteiger partial charge in [0, 0.05) is 31.2 Å². The summed E-state index contributed by atoms with van der Waals surface area (Å²) in [6.07, 6.45) is 6.27. The number of piperidine rings is 1. The molecule has 4 rings (SSSR count). The molecule has 0 aromatic heterocycles. The van der Waals surface area contributed by atoms with E-state index in [1.807, 2.05) is 30.3 Å². The monoisotopic (exact) mass is 378 g/mol. The molecule has 1 amide bonds. The van der Waals surface area contributed by atoms with Crippen LogP contribution in [-0.2, 0) is 12.8 Å². The van der Waals surface area contributed by atoms with Crippen molar-refractivity contribution >= 4 is 5.91 Å². The Morgan fingerprint density at radius 3 is 2.50 bits per heavy atom. The fourth-order valence-electron chi connectivity index (χ4n) is 4.43. The second kappa shape index (κ2) is 8.89. The Kier molecular flexibility index (Phi) is 6.08. The van der Waals surface area contributed by atoms with Crippen molar-refractivity contribution < 1.29 is 9.90 Å². The predicted octanol–water partition coefficient (Wildman–Crippen LogP) is 3.49. The molecule has 1 aliphatic heterocycles. The number of fused-ring (bicyclic) bond motifs is 1. The zero-order valence-corrected chi connectivity index (χ0v) is 16.4. The van der Waals surface area contributed by atoms with E-state index in [-0.39, 0.29) is 11.9 Å². The van der Waals surface area contributed by atoms with E-state index in [9.17, 15) is 9.90 Å². The number of rotatable bonds is 5. The van der Waals surface area contributed by atoms with Gasteiger partial charge in [0.15, 0.2) is 0 Å². The van der Waals surface area contributed by atoms with Gasteiger partial charge >= 0.3 is 0 Å². The number of aryl methyl sites for hydroxylation is 2. The van der Waals surface area contributed by atoms with E-state index in [0.29, 0.717) is 12.1 Å². The Labute approximate surface area is 167 Å². The number of hydrogen-bond acceptors (Lipinski definition) is 3. The number of β-amino-alcohol motifs (C(OH)–C–C–N with tert-alkyl or cyclic N) is 1. The summed E-state index contributed by atoms with van der Waals surface area (Å²) in [6, 6.07) is 16.1. The second-order valence-electron chi connectivity index (χ2n) is 8.17. The third kappa shape index (κ3) is 4.62. The molecule has 28 heavy (non-hydrogen) atoms. The largest absolute Gasteiger partial charge is 0.387 e. The van der Waals surface area contributed by atoms with E-state index in [4.69, 9.17) is 0 Å². The molecule has 1 heterocycles. The minimum atomic E-state index is -0.442. The van der Waals surface area contributed by atoms with Gasteiger partial charge in [0.25, 0.3) is 5.91 Å². The molecule has 148 valence electrons. The summed E-state index contributed by atoms with van der Waals surface area (Å²) in [6.45, 7) is 2.47. The fraction of sp³-hybridized carbons (Fsp3) is 0.458. The van der Waals surface area contributed by atoms with E-state index < -0.39 is 6.10 Å². The van der Waals surface area contributed by atoms with Crippen LogP contribution in [0.4, 0.5) is 0 Å². The van der Waals surface area contributed by atoms with Crippen molar-refractivity contribution in [1.29, 1.82) is 0 Å².